The highest BCUT2D eigenvalue weighted by atomic mass is 35.5. The largest absolute Gasteiger partial charge is 0.355 e. The van der Waals surface area contributed by atoms with Gasteiger partial charge >= 0.3 is 0 Å². The van der Waals surface area contributed by atoms with E-state index in [9.17, 15) is 4.79 Å². The van der Waals surface area contributed by atoms with Gasteiger partial charge in [0.25, 0.3) is 0 Å². The number of carbonyl (C=O) groups excluding carboxylic acids is 1. The van der Waals surface area contributed by atoms with Gasteiger partial charge in [0, 0.05) is 22.3 Å². The molecular formula is C19H21Cl2NOS. The lowest BCUT2D eigenvalue weighted by atomic mass is 10.1. The molecule has 0 bridgehead atoms. The van der Waals surface area contributed by atoms with E-state index >= 15 is 0 Å². The average molecular weight is 382 g/mol. The summed E-state index contributed by atoms with van der Waals surface area (Å²) in [7, 11) is 0. The minimum absolute atomic E-state index is 0.0485. The molecule has 0 aliphatic heterocycles. The Morgan fingerprint density at radius 3 is 2.54 bits per heavy atom. The third kappa shape index (κ3) is 6.39. The zero-order valence-electron chi connectivity index (χ0n) is 13.6. The van der Waals surface area contributed by atoms with Crippen molar-refractivity contribution in [2.24, 2.45) is 0 Å². The Balaban J connectivity index is 1.63. The predicted molar refractivity (Wildman–Crippen MR) is 105 cm³/mol. The van der Waals surface area contributed by atoms with Gasteiger partial charge in [0.1, 0.15) is 0 Å². The van der Waals surface area contributed by atoms with E-state index < -0.39 is 0 Å². The van der Waals surface area contributed by atoms with Crippen LogP contribution in [0.1, 0.15) is 23.1 Å². The van der Waals surface area contributed by atoms with Gasteiger partial charge < -0.3 is 5.32 Å². The van der Waals surface area contributed by atoms with Crippen LogP contribution in [0.2, 0.25) is 10.0 Å². The van der Waals surface area contributed by atoms with Crippen LogP contribution in [0.5, 0.6) is 0 Å². The molecular weight excluding hydrogens is 361 g/mol. The molecule has 0 saturated heterocycles. The molecule has 2 rings (SSSR count). The first-order chi connectivity index (χ1) is 11.6. The van der Waals surface area contributed by atoms with Crippen LogP contribution >= 0.6 is 35.0 Å². The summed E-state index contributed by atoms with van der Waals surface area (Å²) in [6.07, 6.45) is 1.92. The number of carbonyl (C=O) groups is 1. The fourth-order valence-electron chi connectivity index (χ4n) is 2.36. The van der Waals surface area contributed by atoms with Gasteiger partial charge in [0.15, 0.2) is 0 Å². The zero-order valence-corrected chi connectivity index (χ0v) is 16.0. The van der Waals surface area contributed by atoms with Crippen molar-refractivity contribution in [1.29, 1.82) is 0 Å². The van der Waals surface area contributed by atoms with Gasteiger partial charge in [-0.1, -0.05) is 59.1 Å². The number of halogens is 2. The summed E-state index contributed by atoms with van der Waals surface area (Å²) in [6.45, 7) is 2.79. The van der Waals surface area contributed by atoms with Gasteiger partial charge in [-0.25, -0.2) is 0 Å². The SMILES string of the molecule is Cc1cccc(CCCNC(=O)CSCc2c(Cl)cccc2Cl)c1. The van der Waals surface area contributed by atoms with Gasteiger partial charge in [-0.3, -0.25) is 4.79 Å². The van der Waals surface area contributed by atoms with Crippen molar-refractivity contribution in [2.75, 3.05) is 12.3 Å². The second kappa shape index (κ2) is 9.97. The number of benzene rings is 2. The molecule has 2 aromatic carbocycles. The van der Waals surface area contributed by atoms with Crippen LogP contribution < -0.4 is 5.32 Å². The lowest BCUT2D eigenvalue weighted by Crippen LogP contribution is -2.26. The Hall–Kier alpha value is -1.16. The predicted octanol–water partition coefficient (Wildman–Crippen LogP) is 5.28. The van der Waals surface area contributed by atoms with Gasteiger partial charge in [-0.15, -0.1) is 11.8 Å². The van der Waals surface area contributed by atoms with Crippen LogP contribution in [0.25, 0.3) is 0 Å². The molecule has 0 saturated carbocycles. The Kier molecular flexibility index (Phi) is 7.97. The molecule has 1 N–H and O–H groups in total. The van der Waals surface area contributed by atoms with Crippen molar-refractivity contribution in [3.05, 3.63) is 69.2 Å². The molecule has 0 fully saturated rings. The van der Waals surface area contributed by atoms with Gasteiger partial charge in [0.05, 0.1) is 5.75 Å². The first kappa shape index (κ1) is 19.2. The number of thioether (sulfide) groups is 1. The fraction of sp³-hybridized carbons (Fsp3) is 0.316. The van der Waals surface area contributed by atoms with E-state index in [4.69, 9.17) is 23.2 Å². The third-order valence-corrected chi connectivity index (χ3v) is 5.26. The molecule has 2 aromatic rings. The first-order valence-electron chi connectivity index (χ1n) is 7.89. The second-order valence-corrected chi connectivity index (χ2v) is 7.44. The van der Waals surface area contributed by atoms with E-state index in [-0.39, 0.29) is 5.91 Å². The van der Waals surface area contributed by atoms with Gasteiger partial charge in [-0.2, -0.15) is 0 Å². The number of amides is 1. The highest BCUT2D eigenvalue weighted by Gasteiger charge is 2.07. The summed E-state index contributed by atoms with van der Waals surface area (Å²) >= 11 is 13.8. The molecule has 0 aromatic heterocycles. The number of nitrogens with one attached hydrogen (secondary N) is 1. The number of hydrogen-bond donors (Lipinski definition) is 1. The van der Waals surface area contributed by atoms with E-state index in [1.165, 1.54) is 22.9 Å². The molecule has 0 heterocycles. The Morgan fingerprint density at radius 2 is 1.83 bits per heavy atom. The van der Waals surface area contributed by atoms with Crippen molar-refractivity contribution in [3.8, 4) is 0 Å². The maximum atomic E-state index is 11.9. The van der Waals surface area contributed by atoms with Crippen LogP contribution in [-0.2, 0) is 17.0 Å². The van der Waals surface area contributed by atoms with Crippen LogP contribution in [0.15, 0.2) is 42.5 Å². The summed E-state index contributed by atoms with van der Waals surface area (Å²) in [5, 5.41) is 4.25. The summed E-state index contributed by atoms with van der Waals surface area (Å²) < 4.78 is 0. The third-order valence-electron chi connectivity index (χ3n) is 3.59. The molecule has 0 aliphatic rings. The quantitative estimate of drug-likeness (QED) is 0.629. The summed E-state index contributed by atoms with van der Waals surface area (Å²) in [6, 6.07) is 13.9. The smallest absolute Gasteiger partial charge is 0.230 e. The maximum Gasteiger partial charge on any atom is 0.230 e. The van der Waals surface area contributed by atoms with Crippen LogP contribution in [0.3, 0.4) is 0 Å². The van der Waals surface area contributed by atoms with E-state index in [1.54, 1.807) is 0 Å². The van der Waals surface area contributed by atoms with Crippen LogP contribution in [0, 0.1) is 6.92 Å². The molecule has 0 unspecified atom stereocenters. The molecule has 5 heteroatoms. The number of rotatable bonds is 8. The van der Waals surface area contributed by atoms with E-state index in [0.29, 0.717) is 28.1 Å². The molecule has 24 heavy (non-hydrogen) atoms. The molecule has 2 nitrogen and oxygen atoms in total. The normalized spacial score (nSPS) is 10.6. The van der Waals surface area contributed by atoms with Crippen molar-refractivity contribution in [1.82, 2.24) is 5.32 Å². The summed E-state index contributed by atoms with van der Waals surface area (Å²) in [5.74, 6) is 1.09. The van der Waals surface area contributed by atoms with Crippen molar-refractivity contribution in [2.45, 2.75) is 25.5 Å². The fourth-order valence-corrected chi connectivity index (χ4v) is 3.95. The lowest BCUT2D eigenvalue weighted by Gasteiger charge is -2.08. The highest BCUT2D eigenvalue weighted by Crippen LogP contribution is 2.28. The molecule has 0 spiro atoms. The van der Waals surface area contributed by atoms with Gasteiger partial charge in [-0.05, 0) is 43.0 Å². The Labute approximate surface area is 157 Å². The molecule has 128 valence electrons. The number of hydrogen-bond acceptors (Lipinski definition) is 2. The van der Waals surface area contributed by atoms with E-state index in [2.05, 4.69) is 36.5 Å². The van der Waals surface area contributed by atoms with Crippen molar-refractivity contribution < 1.29 is 4.79 Å². The Bertz CT molecular complexity index is 671. The van der Waals surface area contributed by atoms with Crippen LogP contribution in [0.4, 0.5) is 0 Å². The Morgan fingerprint density at radius 1 is 1.12 bits per heavy atom. The average Bonchev–Trinajstić information content (AvgIpc) is 2.54. The standard InChI is InChI=1S/C19H21Cl2NOS/c1-14-5-2-6-15(11-14)7-4-10-22-19(23)13-24-12-16-17(20)8-3-9-18(16)21/h2-3,5-6,8-9,11H,4,7,10,12-13H2,1H3,(H,22,23). The molecule has 1 amide bonds. The van der Waals surface area contributed by atoms with Gasteiger partial charge in [0.2, 0.25) is 5.91 Å². The first-order valence-corrected chi connectivity index (χ1v) is 9.80. The van der Waals surface area contributed by atoms with E-state index in [0.717, 1.165) is 18.4 Å². The van der Waals surface area contributed by atoms with E-state index in [1.807, 2.05) is 18.2 Å². The monoisotopic (exact) mass is 381 g/mol. The zero-order chi connectivity index (χ0) is 17.4. The highest BCUT2D eigenvalue weighted by molar-refractivity contribution is 7.99. The second-order valence-electron chi connectivity index (χ2n) is 5.64. The minimum atomic E-state index is 0.0485. The topological polar surface area (TPSA) is 29.1 Å². The molecule has 0 radical (unpaired) electrons. The molecule has 0 atom stereocenters. The molecule has 0 aliphatic carbocycles. The van der Waals surface area contributed by atoms with Crippen molar-refractivity contribution >= 4 is 40.9 Å². The number of aryl methyl sites for hydroxylation is 2. The van der Waals surface area contributed by atoms with Crippen molar-refractivity contribution in [3.63, 3.8) is 0 Å². The minimum Gasteiger partial charge on any atom is -0.355 e. The summed E-state index contributed by atoms with van der Waals surface area (Å²) in [4.78, 5) is 11.9. The van der Waals surface area contributed by atoms with Crippen LogP contribution in [-0.4, -0.2) is 18.2 Å². The summed E-state index contributed by atoms with van der Waals surface area (Å²) in [5.41, 5.74) is 3.47. The lowest BCUT2D eigenvalue weighted by molar-refractivity contribution is -0.118. The maximum absolute atomic E-state index is 11.9.